The Bertz CT molecular complexity index is 520. The van der Waals surface area contributed by atoms with Gasteiger partial charge in [0.2, 0.25) is 11.8 Å². The van der Waals surface area contributed by atoms with Crippen LogP contribution in [-0.4, -0.2) is 29.8 Å². The molecule has 3 rings (SSSR count). The number of hydrogen-bond donors (Lipinski definition) is 1. The molecule has 1 aromatic rings. The van der Waals surface area contributed by atoms with Crippen molar-refractivity contribution < 1.29 is 14.4 Å². The zero-order valence-corrected chi connectivity index (χ0v) is 12.7. The Hall–Kier alpha value is -1.88. The molecule has 2 amide bonds. The summed E-state index contributed by atoms with van der Waals surface area (Å²) >= 11 is 0. The average Bonchev–Trinajstić information content (AvgIpc) is 3.40. The van der Waals surface area contributed by atoms with Crippen molar-refractivity contribution in [1.29, 1.82) is 0 Å². The van der Waals surface area contributed by atoms with Crippen LogP contribution in [0.3, 0.4) is 0 Å². The third kappa shape index (κ3) is 3.85. The van der Waals surface area contributed by atoms with Gasteiger partial charge in [-0.15, -0.1) is 0 Å². The normalized spacial score (nSPS) is 19.0. The van der Waals surface area contributed by atoms with Crippen molar-refractivity contribution in [2.45, 2.75) is 32.3 Å². The molecule has 0 spiro atoms. The molecule has 1 aliphatic carbocycles. The number of likely N-dealkylation sites (tertiary alicyclic amines) is 1. The first kappa shape index (κ1) is 15.0. The molecule has 22 heavy (non-hydrogen) atoms. The van der Waals surface area contributed by atoms with Crippen molar-refractivity contribution in [3.8, 4) is 0 Å². The Kier molecular flexibility index (Phi) is 4.73. The molecule has 1 saturated carbocycles. The summed E-state index contributed by atoms with van der Waals surface area (Å²) in [6.07, 6.45) is 3.51. The maximum Gasteiger partial charge on any atom is 0.246 e. The molecule has 1 heterocycles. The topological polar surface area (TPSA) is 58.6 Å². The monoisotopic (exact) mass is 302 g/mol. The van der Waals surface area contributed by atoms with Crippen LogP contribution in [-0.2, 0) is 21.0 Å². The number of carbonyl (C=O) groups is 2. The molecule has 0 bridgehead atoms. The smallest absolute Gasteiger partial charge is 0.246 e. The van der Waals surface area contributed by atoms with Crippen LogP contribution in [0.4, 0.5) is 0 Å². The number of carbonyl (C=O) groups excluding carboxylic acids is 2. The van der Waals surface area contributed by atoms with E-state index in [2.05, 4.69) is 5.48 Å². The number of benzene rings is 1. The summed E-state index contributed by atoms with van der Waals surface area (Å²) in [5.41, 5.74) is 3.56. The highest BCUT2D eigenvalue weighted by atomic mass is 16.6. The lowest BCUT2D eigenvalue weighted by Gasteiger charge is -2.31. The molecule has 1 saturated heterocycles. The molecule has 0 radical (unpaired) electrons. The van der Waals surface area contributed by atoms with E-state index in [4.69, 9.17) is 4.84 Å². The summed E-state index contributed by atoms with van der Waals surface area (Å²) in [4.78, 5) is 31.2. The van der Waals surface area contributed by atoms with E-state index in [1.807, 2.05) is 35.2 Å². The highest BCUT2D eigenvalue weighted by molar-refractivity contribution is 5.82. The minimum Gasteiger partial charge on any atom is -0.342 e. The first-order chi connectivity index (χ1) is 10.7. The van der Waals surface area contributed by atoms with E-state index in [9.17, 15) is 9.59 Å². The van der Waals surface area contributed by atoms with Gasteiger partial charge in [-0.05, 0) is 31.2 Å². The minimum absolute atomic E-state index is 0.0565. The van der Waals surface area contributed by atoms with Crippen LogP contribution in [0.15, 0.2) is 30.3 Å². The van der Waals surface area contributed by atoms with Crippen LogP contribution in [0, 0.1) is 11.8 Å². The van der Waals surface area contributed by atoms with Crippen LogP contribution < -0.4 is 5.48 Å². The summed E-state index contributed by atoms with van der Waals surface area (Å²) in [6, 6.07) is 9.72. The van der Waals surface area contributed by atoms with Gasteiger partial charge in [-0.25, -0.2) is 5.48 Å². The van der Waals surface area contributed by atoms with E-state index in [1.54, 1.807) is 0 Å². The van der Waals surface area contributed by atoms with Crippen molar-refractivity contribution in [2.24, 2.45) is 11.8 Å². The second-order valence-electron chi connectivity index (χ2n) is 6.11. The Morgan fingerprint density at radius 3 is 2.36 bits per heavy atom. The molecule has 1 N–H and O–H groups in total. The fourth-order valence-corrected chi connectivity index (χ4v) is 2.80. The number of hydroxylamine groups is 1. The minimum atomic E-state index is -0.0746. The fraction of sp³-hybridized carbons (Fsp3) is 0.529. The third-order valence-electron chi connectivity index (χ3n) is 4.36. The number of amides is 2. The molecule has 118 valence electrons. The number of hydrogen-bond acceptors (Lipinski definition) is 3. The van der Waals surface area contributed by atoms with Crippen LogP contribution >= 0.6 is 0 Å². The molecular weight excluding hydrogens is 280 g/mol. The van der Waals surface area contributed by atoms with Crippen molar-refractivity contribution in [1.82, 2.24) is 10.4 Å². The van der Waals surface area contributed by atoms with Gasteiger partial charge in [0.05, 0.1) is 6.61 Å². The molecule has 5 heteroatoms. The second kappa shape index (κ2) is 6.92. The largest absolute Gasteiger partial charge is 0.342 e. The molecule has 2 fully saturated rings. The highest BCUT2D eigenvalue weighted by Crippen LogP contribution is 2.32. The van der Waals surface area contributed by atoms with Crippen molar-refractivity contribution in [2.75, 3.05) is 13.1 Å². The van der Waals surface area contributed by atoms with Crippen LogP contribution in [0.1, 0.15) is 31.2 Å². The number of piperidine rings is 1. The van der Waals surface area contributed by atoms with E-state index >= 15 is 0 Å². The number of nitrogens with zero attached hydrogens (tertiary/aromatic N) is 1. The van der Waals surface area contributed by atoms with Gasteiger partial charge >= 0.3 is 0 Å². The van der Waals surface area contributed by atoms with E-state index in [-0.39, 0.29) is 23.7 Å². The van der Waals surface area contributed by atoms with Gasteiger partial charge in [0, 0.05) is 24.9 Å². The van der Waals surface area contributed by atoms with Gasteiger partial charge in [0.15, 0.2) is 0 Å². The molecule has 1 aromatic carbocycles. The van der Waals surface area contributed by atoms with Gasteiger partial charge in [0.25, 0.3) is 0 Å². The summed E-state index contributed by atoms with van der Waals surface area (Å²) in [5.74, 6) is 0.409. The van der Waals surface area contributed by atoms with E-state index in [0.717, 1.165) is 31.2 Å². The Morgan fingerprint density at radius 2 is 1.73 bits per heavy atom. The lowest BCUT2D eigenvalue weighted by Crippen LogP contribution is -2.43. The molecule has 5 nitrogen and oxygen atoms in total. The van der Waals surface area contributed by atoms with Crippen LogP contribution in [0.5, 0.6) is 0 Å². The van der Waals surface area contributed by atoms with Crippen LogP contribution in [0.2, 0.25) is 0 Å². The lowest BCUT2D eigenvalue weighted by molar-refractivity contribution is -0.143. The van der Waals surface area contributed by atoms with Crippen molar-refractivity contribution in [3.05, 3.63) is 35.9 Å². The predicted octanol–water partition coefficient (Wildman–Crippen LogP) is 1.88. The van der Waals surface area contributed by atoms with Gasteiger partial charge in [-0.3, -0.25) is 14.4 Å². The summed E-state index contributed by atoms with van der Waals surface area (Å²) in [7, 11) is 0. The quantitative estimate of drug-likeness (QED) is 0.845. The van der Waals surface area contributed by atoms with Crippen molar-refractivity contribution in [3.63, 3.8) is 0 Å². The Morgan fingerprint density at radius 1 is 1.05 bits per heavy atom. The van der Waals surface area contributed by atoms with Gasteiger partial charge < -0.3 is 4.90 Å². The third-order valence-corrected chi connectivity index (χ3v) is 4.36. The van der Waals surface area contributed by atoms with E-state index < -0.39 is 0 Å². The summed E-state index contributed by atoms with van der Waals surface area (Å²) in [5, 5.41) is 0. The molecule has 1 aliphatic heterocycles. The van der Waals surface area contributed by atoms with Gasteiger partial charge in [-0.2, -0.15) is 0 Å². The first-order valence-corrected chi connectivity index (χ1v) is 7.98. The molecule has 0 unspecified atom stereocenters. The SMILES string of the molecule is O=C(NOCc1ccccc1)C1CCN(C(=O)C2CC2)CC1. The Labute approximate surface area is 130 Å². The van der Waals surface area contributed by atoms with E-state index in [0.29, 0.717) is 19.7 Å². The maximum absolute atomic E-state index is 12.1. The van der Waals surface area contributed by atoms with Crippen LogP contribution in [0.25, 0.3) is 0 Å². The first-order valence-electron chi connectivity index (χ1n) is 7.98. The lowest BCUT2D eigenvalue weighted by atomic mass is 9.96. The fourth-order valence-electron chi connectivity index (χ4n) is 2.80. The Balaban J connectivity index is 1.37. The number of nitrogens with one attached hydrogen (secondary N) is 1. The molecular formula is C17H22N2O3. The van der Waals surface area contributed by atoms with E-state index in [1.165, 1.54) is 0 Å². The predicted molar refractivity (Wildman–Crippen MR) is 81.4 cm³/mol. The maximum atomic E-state index is 12.1. The zero-order chi connectivity index (χ0) is 15.4. The molecule has 0 aromatic heterocycles. The van der Waals surface area contributed by atoms with Gasteiger partial charge in [-0.1, -0.05) is 30.3 Å². The van der Waals surface area contributed by atoms with Gasteiger partial charge in [0.1, 0.15) is 0 Å². The average molecular weight is 302 g/mol. The highest BCUT2D eigenvalue weighted by Gasteiger charge is 2.35. The summed E-state index contributed by atoms with van der Waals surface area (Å²) < 4.78 is 0. The standard InChI is InChI=1S/C17H22N2O3/c20-16(18-22-12-13-4-2-1-3-5-13)14-8-10-19(11-9-14)17(21)15-6-7-15/h1-5,14-15H,6-12H2,(H,18,20). The molecule has 2 aliphatic rings. The summed E-state index contributed by atoms with van der Waals surface area (Å²) in [6.45, 7) is 1.74. The molecule has 0 atom stereocenters. The second-order valence-corrected chi connectivity index (χ2v) is 6.11. The zero-order valence-electron chi connectivity index (χ0n) is 12.7. The number of rotatable bonds is 5. The van der Waals surface area contributed by atoms with Crippen molar-refractivity contribution >= 4 is 11.8 Å².